The van der Waals surface area contributed by atoms with Crippen molar-refractivity contribution in [3.63, 3.8) is 0 Å². The SMILES string of the molecule is NC(=O)C1=C(O)[C@@]2(O)C(=O)C3=C(O)c4c(O)c5c(c(F)c4C[C@H]3C[C@H]2[C@H](N)C1=O)CCC5. The molecule has 1 aromatic carbocycles. The van der Waals surface area contributed by atoms with E-state index in [1.807, 2.05) is 0 Å². The molecule has 0 aromatic heterocycles. The third-order valence-corrected chi connectivity index (χ3v) is 7.42. The van der Waals surface area contributed by atoms with Crippen LogP contribution in [0.15, 0.2) is 16.9 Å². The van der Waals surface area contributed by atoms with E-state index in [4.69, 9.17) is 11.5 Å². The predicted octanol–water partition coefficient (Wildman–Crippen LogP) is -0.0111. The van der Waals surface area contributed by atoms with Gasteiger partial charge in [0.2, 0.25) is 5.78 Å². The number of aliphatic hydroxyl groups is 3. The number of hydrogen-bond acceptors (Lipinski definition) is 8. The van der Waals surface area contributed by atoms with Crippen molar-refractivity contribution in [1.82, 2.24) is 0 Å². The molecule has 32 heavy (non-hydrogen) atoms. The number of aliphatic hydroxyl groups excluding tert-OH is 2. The van der Waals surface area contributed by atoms with E-state index < -0.39 is 63.9 Å². The molecule has 4 aliphatic rings. The van der Waals surface area contributed by atoms with E-state index in [1.54, 1.807) is 0 Å². The molecule has 0 aliphatic heterocycles. The van der Waals surface area contributed by atoms with Gasteiger partial charge < -0.3 is 31.9 Å². The smallest absolute Gasteiger partial charge is 0.255 e. The molecule has 0 heterocycles. The summed E-state index contributed by atoms with van der Waals surface area (Å²) in [6.45, 7) is 0. The Hall–Kier alpha value is -3.24. The summed E-state index contributed by atoms with van der Waals surface area (Å²) in [4.78, 5) is 37.7. The second-order valence-corrected chi connectivity index (χ2v) is 8.91. The van der Waals surface area contributed by atoms with Crippen LogP contribution in [-0.2, 0) is 33.6 Å². The van der Waals surface area contributed by atoms with Crippen molar-refractivity contribution in [2.75, 3.05) is 0 Å². The van der Waals surface area contributed by atoms with E-state index in [0.717, 1.165) is 0 Å². The van der Waals surface area contributed by atoms with Gasteiger partial charge >= 0.3 is 0 Å². The van der Waals surface area contributed by atoms with Crippen molar-refractivity contribution in [2.45, 2.75) is 43.7 Å². The Balaban J connectivity index is 1.75. The van der Waals surface area contributed by atoms with Gasteiger partial charge in [-0.3, -0.25) is 14.4 Å². The van der Waals surface area contributed by atoms with Gasteiger partial charge in [0.25, 0.3) is 5.91 Å². The van der Waals surface area contributed by atoms with E-state index in [1.165, 1.54) is 0 Å². The second-order valence-electron chi connectivity index (χ2n) is 8.91. The van der Waals surface area contributed by atoms with Gasteiger partial charge in [-0.1, -0.05) is 0 Å². The Morgan fingerprint density at radius 3 is 2.41 bits per heavy atom. The van der Waals surface area contributed by atoms with Crippen molar-refractivity contribution < 1.29 is 39.2 Å². The monoisotopic (exact) mass is 444 g/mol. The molecule has 9 nitrogen and oxygen atoms in total. The number of nitrogens with two attached hydrogens (primary N) is 2. The summed E-state index contributed by atoms with van der Waals surface area (Å²) in [6.07, 6.45) is 1.27. The van der Waals surface area contributed by atoms with Gasteiger partial charge in [0, 0.05) is 22.6 Å². The number of phenols is 1. The minimum atomic E-state index is -2.76. The van der Waals surface area contributed by atoms with Crippen LogP contribution in [0.4, 0.5) is 4.39 Å². The molecule has 4 atom stereocenters. The second kappa shape index (κ2) is 6.39. The maximum absolute atomic E-state index is 15.3. The molecule has 1 aromatic rings. The van der Waals surface area contributed by atoms with Crippen LogP contribution in [0.5, 0.6) is 5.75 Å². The third-order valence-electron chi connectivity index (χ3n) is 7.42. The van der Waals surface area contributed by atoms with Crippen LogP contribution in [0.3, 0.4) is 0 Å². The number of benzene rings is 1. The fourth-order valence-corrected chi connectivity index (χ4v) is 5.89. The Morgan fingerprint density at radius 2 is 1.75 bits per heavy atom. The number of amides is 1. The van der Waals surface area contributed by atoms with Gasteiger partial charge in [0.15, 0.2) is 11.4 Å². The highest BCUT2D eigenvalue weighted by molar-refractivity contribution is 6.24. The van der Waals surface area contributed by atoms with E-state index in [0.29, 0.717) is 30.4 Å². The maximum atomic E-state index is 15.3. The average molecular weight is 444 g/mol. The first-order chi connectivity index (χ1) is 15.0. The molecule has 0 unspecified atom stereocenters. The van der Waals surface area contributed by atoms with Gasteiger partial charge in [-0.2, -0.15) is 0 Å². The molecule has 168 valence electrons. The lowest BCUT2D eigenvalue weighted by atomic mass is 9.58. The zero-order valence-electron chi connectivity index (χ0n) is 16.8. The van der Waals surface area contributed by atoms with Crippen molar-refractivity contribution in [2.24, 2.45) is 23.3 Å². The topological polar surface area (TPSA) is 184 Å². The maximum Gasteiger partial charge on any atom is 0.255 e. The number of halogens is 1. The minimum Gasteiger partial charge on any atom is -0.508 e. The first kappa shape index (κ1) is 20.7. The van der Waals surface area contributed by atoms with Crippen LogP contribution in [0.1, 0.15) is 35.1 Å². The van der Waals surface area contributed by atoms with Gasteiger partial charge in [0.05, 0.1) is 11.6 Å². The summed E-state index contributed by atoms with van der Waals surface area (Å²) in [7, 11) is 0. The number of fused-ring (bicyclic) bond motifs is 4. The number of ketones is 2. The van der Waals surface area contributed by atoms with Crippen LogP contribution < -0.4 is 11.5 Å². The van der Waals surface area contributed by atoms with Crippen molar-refractivity contribution in [3.05, 3.63) is 45.0 Å². The predicted molar refractivity (Wildman–Crippen MR) is 107 cm³/mol. The first-order valence-electron chi connectivity index (χ1n) is 10.3. The number of primary amides is 1. The summed E-state index contributed by atoms with van der Waals surface area (Å²) in [6, 6.07) is -1.52. The fourth-order valence-electron chi connectivity index (χ4n) is 5.89. The number of carbonyl (C=O) groups is 3. The fraction of sp³-hybridized carbons (Fsp3) is 0.409. The van der Waals surface area contributed by atoms with E-state index in [2.05, 4.69) is 0 Å². The van der Waals surface area contributed by atoms with Gasteiger partial charge in [-0.25, -0.2) is 4.39 Å². The minimum absolute atomic E-state index is 0.0564. The third kappa shape index (κ3) is 2.25. The molecule has 0 bridgehead atoms. The average Bonchev–Trinajstić information content (AvgIpc) is 3.23. The largest absolute Gasteiger partial charge is 0.508 e. The molecule has 1 saturated carbocycles. The molecule has 1 fully saturated rings. The molecule has 0 spiro atoms. The summed E-state index contributed by atoms with van der Waals surface area (Å²) in [5.74, 6) is -8.44. The summed E-state index contributed by atoms with van der Waals surface area (Å²) in [5, 5.41) is 43.5. The Labute approximate surface area is 180 Å². The standard InChI is InChI=1S/C22H21FN2O7/c23-14-7-2-1-3-8(7)16(26)12-9(14)4-6-5-10-15(24)18(28)13(21(25)31)20(30)22(10,32)19(29)11(6)17(12)27/h6,10,15,26-27,30,32H,1-5,24H2,(H2,25,31)/t6-,10-,15-,22-/m0/s1. The van der Waals surface area contributed by atoms with E-state index >= 15 is 4.39 Å². The van der Waals surface area contributed by atoms with Crippen LogP contribution in [0.25, 0.3) is 5.76 Å². The highest BCUT2D eigenvalue weighted by Crippen LogP contribution is 2.53. The quantitative estimate of drug-likeness (QED) is 0.327. The molecule has 4 aliphatic carbocycles. The number of rotatable bonds is 1. The number of hydrogen-bond donors (Lipinski definition) is 6. The first-order valence-corrected chi connectivity index (χ1v) is 10.3. The molecular weight excluding hydrogens is 423 g/mol. The van der Waals surface area contributed by atoms with Gasteiger partial charge in [-0.05, 0) is 43.6 Å². The summed E-state index contributed by atoms with van der Waals surface area (Å²) >= 11 is 0. The normalized spacial score (nSPS) is 31.3. The van der Waals surface area contributed by atoms with Crippen molar-refractivity contribution in [3.8, 4) is 5.75 Å². The Bertz CT molecular complexity index is 1220. The van der Waals surface area contributed by atoms with Gasteiger partial charge in [0.1, 0.15) is 28.7 Å². The number of Topliss-reactive ketones (excluding diaryl/α,β-unsaturated/α-hetero) is 2. The van der Waals surface area contributed by atoms with Crippen LogP contribution in [-0.4, -0.2) is 49.5 Å². The lowest BCUT2D eigenvalue weighted by Gasteiger charge is -2.48. The molecule has 8 N–H and O–H groups in total. The number of aromatic hydroxyl groups is 1. The van der Waals surface area contributed by atoms with E-state index in [9.17, 15) is 34.8 Å². The van der Waals surface area contributed by atoms with E-state index in [-0.39, 0.29) is 35.3 Å². The molecule has 0 radical (unpaired) electrons. The van der Waals surface area contributed by atoms with Crippen LogP contribution >= 0.6 is 0 Å². The Kier molecular flexibility index (Phi) is 4.13. The van der Waals surface area contributed by atoms with Crippen molar-refractivity contribution >= 4 is 23.2 Å². The lowest BCUT2D eigenvalue weighted by Crippen LogP contribution is -2.65. The lowest BCUT2D eigenvalue weighted by molar-refractivity contribution is -0.149. The summed E-state index contributed by atoms with van der Waals surface area (Å²) in [5.41, 5.74) is 7.65. The number of carbonyl (C=O) groups excluding carboxylic acids is 3. The van der Waals surface area contributed by atoms with Crippen LogP contribution in [0, 0.1) is 17.7 Å². The highest BCUT2D eigenvalue weighted by atomic mass is 19.1. The van der Waals surface area contributed by atoms with Crippen LogP contribution in [0.2, 0.25) is 0 Å². The number of phenolic OH excluding ortho intramolecular Hbond substituents is 1. The van der Waals surface area contributed by atoms with Crippen molar-refractivity contribution in [1.29, 1.82) is 0 Å². The summed E-state index contributed by atoms with van der Waals surface area (Å²) < 4.78 is 15.3. The highest BCUT2D eigenvalue weighted by Gasteiger charge is 2.63. The molecular formula is C22H21FN2O7. The molecule has 10 heteroatoms. The zero-order chi connectivity index (χ0) is 23.3. The Morgan fingerprint density at radius 1 is 1.09 bits per heavy atom. The van der Waals surface area contributed by atoms with Gasteiger partial charge in [-0.15, -0.1) is 0 Å². The zero-order valence-corrected chi connectivity index (χ0v) is 16.8. The molecule has 5 rings (SSSR count). The molecule has 1 amide bonds. The molecule has 0 saturated heterocycles.